The number of carbonyl (C=O) groups is 1. The standard InChI is InChI=1S/C11H13NO.C10H11NO2.2CH4BN/c1-7-8(2)13-9(3)10-5-4-6-12-11(7)10;1-6-7(2)13-10(12)8-4-3-5-11-9(6)8;2*1-2-3/h4-8H,3H2,1-2H3;3-7H,1-2H3;2*3H,1H3/t7-,8-;6-,7-;;/m00../s1/i6D;5D;;. The summed E-state index contributed by atoms with van der Waals surface area (Å²) in [5, 5.41) is 12.2. The predicted octanol–water partition coefficient (Wildman–Crippen LogP) is 5.32. The number of fused-ring (bicyclic) bond motifs is 2. The van der Waals surface area contributed by atoms with Gasteiger partial charge in [0.2, 0.25) is 0 Å². The molecule has 0 radical (unpaired) electrons. The Morgan fingerprint density at radius 1 is 0.906 bits per heavy atom. The van der Waals surface area contributed by atoms with Crippen LogP contribution in [0.15, 0.2) is 43.2 Å². The third-order valence-electron chi connectivity index (χ3n) is 4.98. The summed E-state index contributed by atoms with van der Waals surface area (Å²) in [7, 11) is 2.50. The Morgan fingerprint density at radius 2 is 1.31 bits per heavy atom. The number of hydrogen-bond acceptors (Lipinski definition) is 7. The van der Waals surface area contributed by atoms with E-state index in [2.05, 4.69) is 23.5 Å². The zero-order valence-corrected chi connectivity index (χ0v) is 19.6. The number of pyridine rings is 2. The fraction of sp³-hybridized carbons (Fsp3) is 0.435. The molecular weight excluding hydrogens is 402 g/mol. The molecule has 4 rings (SSSR count). The first kappa shape index (κ1) is 23.7. The summed E-state index contributed by atoms with van der Waals surface area (Å²) in [5.74, 6) is 0.616. The van der Waals surface area contributed by atoms with Crippen molar-refractivity contribution in [3.05, 3.63) is 65.7 Å². The minimum atomic E-state index is -0.335. The number of esters is 1. The quantitative estimate of drug-likeness (QED) is 0.429. The molecule has 2 N–H and O–H groups in total. The molecule has 0 aliphatic carbocycles. The number of nitrogens with one attached hydrogen (secondary N) is 2. The zero-order valence-electron chi connectivity index (χ0n) is 21.6. The van der Waals surface area contributed by atoms with Gasteiger partial charge in [-0.15, -0.1) is 0 Å². The molecule has 4 heterocycles. The van der Waals surface area contributed by atoms with E-state index in [4.69, 9.17) is 22.8 Å². The van der Waals surface area contributed by atoms with E-state index in [1.807, 2.05) is 26.8 Å². The van der Waals surface area contributed by atoms with Gasteiger partial charge >= 0.3 is 44.4 Å². The van der Waals surface area contributed by atoms with Crippen molar-refractivity contribution in [1.82, 2.24) is 9.97 Å². The number of rotatable bonds is 0. The second-order valence-electron chi connectivity index (χ2n) is 7.26. The normalized spacial score (nSPS) is 22.9. The number of aromatic nitrogens is 2. The molecule has 4 atom stereocenters. The summed E-state index contributed by atoms with van der Waals surface area (Å²) in [6.45, 7) is 15.0. The molecule has 0 spiro atoms. The molecule has 0 saturated heterocycles. The molecule has 9 heteroatoms. The summed E-state index contributed by atoms with van der Waals surface area (Å²) >= 11 is 0. The van der Waals surface area contributed by atoms with Gasteiger partial charge in [-0.1, -0.05) is 20.4 Å². The topological polar surface area (TPSA) is 109 Å². The Kier molecular flexibility index (Phi) is 9.96. The molecule has 2 aromatic rings. The third kappa shape index (κ3) is 7.04. The van der Waals surface area contributed by atoms with Crippen molar-refractivity contribution < 1.29 is 17.0 Å². The maximum Gasteiger partial charge on any atom is 0.340 e. The van der Waals surface area contributed by atoms with E-state index in [1.165, 1.54) is 20.2 Å². The van der Waals surface area contributed by atoms with Crippen molar-refractivity contribution >= 4 is 25.9 Å². The van der Waals surface area contributed by atoms with Gasteiger partial charge in [-0.3, -0.25) is 9.97 Å². The van der Waals surface area contributed by atoms with Crippen LogP contribution in [0.2, 0.25) is 13.6 Å². The number of nitrogens with zero attached hydrogens (tertiary/aromatic N) is 2. The molecule has 7 nitrogen and oxygen atoms in total. The fourth-order valence-corrected chi connectivity index (χ4v) is 3.02. The van der Waals surface area contributed by atoms with Gasteiger partial charge in [0.15, 0.2) is 0 Å². The fourth-order valence-electron chi connectivity index (χ4n) is 3.02. The van der Waals surface area contributed by atoms with E-state index in [0.717, 1.165) is 11.3 Å². The Morgan fingerprint density at radius 3 is 1.81 bits per heavy atom. The minimum Gasteiger partial charge on any atom is -0.490 e. The van der Waals surface area contributed by atoms with Crippen molar-refractivity contribution in [3.63, 3.8) is 0 Å². The van der Waals surface area contributed by atoms with Crippen LogP contribution >= 0.6 is 0 Å². The van der Waals surface area contributed by atoms with Gasteiger partial charge in [-0.2, -0.15) is 0 Å². The summed E-state index contributed by atoms with van der Waals surface area (Å²) in [6, 6.07) is 6.63. The molecule has 0 aromatic carbocycles. The number of cyclic esters (lactones) is 1. The largest absolute Gasteiger partial charge is 0.490 e. The summed E-state index contributed by atoms with van der Waals surface area (Å²) in [6.07, 6.45) is 0.420. The van der Waals surface area contributed by atoms with Crippen LogP contribution < -0.4 is 0 Å². The first-order valence-electron chi connectivity index (χ1n) is 11.4. The van der Waals surface area contributed by atoms with Crippen LogP contribution in [0.4, 0.5) is 0 Å². The third-order valence-corrected chi connectivity index (χ3v) is 4.98. The second kappa shape index (κ2) is 13.5. The summed E-state index contributed by atoms with van der Waals surface area (Å²) in [4.78, 5) is 19.7. The van der Waals surface area contributed by atoms with Gasteiger partial charge in [0.25, 0.3) is 0 Å². The van der Waals surface area contributed by atoms with Gasteiger partial charge in [0.1, 0.15) is 18.0 Å². The van der Waals surface area contributed by atoms with Crippen LogP contribution in [-0.2, 0) is 9.47 Å². The first-order valence-corrected chi connectivity index (χ1v) is 10.4. The average Bonchev–Trinajstić information content (AvgIpc) is 2.77. The van der Waals surface area contributed by atoms with Crippen LogP contribution in [0.1, 0.15) is 69.6 Å². The number of hydrogen-bond donors (Lipinski definition) is 2. The molecule has 2 aliphatic rings. The average molecular weight is 436 g/mol. The summed E-state index contributed by atoms with van der Waals surface area (Å²) in [5.41, 5.74) is 3.04. The van der Waals surface area contributed by atoms with Gasteiger partial charge in [0.05, 0.1) is 19.7 Å². The Labute approximate surface area is 195 Å². The van der Waals surface area contributed by atoms with Crippen molar-refractivity contribution in [3.8, 4) is 0 Å². The van der Waals surface area contributed by atoms with Crippen LogP contribution in [0.5, 0.6) is 0 Å². The molecule has 0 bridgehead atoms. The van der Waals surface area contributed by atoms with Crippen LogP contribution in [-0.4, -0.2) is 42.3 Å². The molecule has 2 aromatic heterocycles. The summed E-state index contributed by atoms with van der Waals surface area (Å²) < 4.78 is 25.6. The van der Waals surface area contributed by atoms with Gasteiger partial charge in [0, 0.05) is 29.7 Å². The van der Waals surface area contributed by atoms with E-state index in [1.54, 1.807) is 25.8 Å². The minimum absolute atomic E-state index is 0.0630. The van der Waals surface area contributed by atoms with Crippen molar-refractivity contribution in [2.24, 2.45) is 0 Å². The van der Waals surface area contributed by atoms with Crippen molar-refractivity contribution in [2.75, 3.05) is 0 Å². The molecule has 0 amide bonds. The molecule has 168 valence electrons. The van der Waals surface area contributed by atoms with Crippen molar-refractivity contribution in [2.45, 2.75) is 65.4 Å². The van der Waals surface area contributed by atoms with Gasteiger partial charge in [-0.05, 0) is 38.1 Å². The molecule has 0 saturated carbocycles. The molecule has 2 aliphatic heterocycles. The van der Waals surface area contributed by atoms with E-state index < -0.39 is 0 Å². The SMILES string of the molecule is CB=N.CB=N.[2H]c1ccc2c(n1)[C@@H](C)[C@H](C)OC2=C.[2H]c1ccc2c(n1)[C@@H](C)[C@H](C)OC2=O. The van der Waals surface area contributed by atoms with E-state index in [-0.39, 0.29) is 36.2 Å². The van der Waals surface area contributed by atoms with E-state index in [0.29, 0.717) is 23.2 Å². The maximum atomic E-state index is 11.4. The first-order chi connectivity index (χ1) is 16.0. The maximum absolute atomic E-state index is 11.4. The Balaban J connectivity index is 0.000000277. The monoisotopic (exact) mass is 436 g/mol. The van der Waals surface area contributed by atoms with Gasteiger partial charge in [-0.25, -0.2) is 4.79 Å². The zero-order chi connectivity index (χ0) is 26.0. The molecule has 0 fully saturated rings. The molecular formula is C23H32B2N4O3. The van der Waals surface area contributed by atoms with Crippen molar-refractivity contribution in [1.29, 1.82) is 10.6 Å². The van der Waals surface area contributed by atoms with Crippen LogP contribution in [0.3, 0.4) is 0 Å². The van der Waals surface area contributed by atoms with Crippen LogP contribution in [0, 0.1) is 10.6 Å². The second-order valence-corrected chi connectivity index (χ2v) is 7.26. The van der Waals surface area contributed by atoms with E-state index >= 15 is 0 Å². The molecule has 0 unspecified atom stereocenters. The number of carbonyl (C=O) groups excluding carboxylic acids is 1. The number of ether oxygens (including phenoxy) is 2. The Bertz CT molecular complexity index is 958. The van der Waals surface area contributed by atoms with Gasteiger partial charge < -0.3 is 9.47 Å². The van der Waals surface area contributed by atoms with Crippen LogP contribution in [0.25, 0.3) is 5.76 Å². The van der Waals surface area contributed by atoms with E-state index in [9.17, 15) is 4.79 Å². The Hall–Kier alpha value is -2.96. The predicted molar refractivity (Wildman–Crippen MR) is 128 cm³/mol. The smallest absolute Gasteiger partial charge is 0.340 e. The molecule has 32 heavy (non-hydrogen) atoms.